The fourth-order valence-corrected chi connectivity index (χ4v) is 4.43. The van der Waals surface area contributed by atoms with Crippen LogP contribution < -0.4 is 21.1 Å². The summed E-state index contributed by atoms with van der Waals surface area (Å²) in [5.74, 6) is 1.73. The molecule has 2 saturated carbocycles. The number of carbonyl (C=O) groups excluding carboxylic acids is 1. The van der Waals surface area contributed by atoms with Crippen molar-refractivity contribution in [1.82, 2.24) is 5.32 Å². The molecule has 5 nitrogen and oxygen atoms in total. The molecule has 0 aliphatic heterocycles. The van der Waals surface area contributed by atoms with Crippen LogP contribution in [0, 0.1) is 11.8 Å². The number of fused-ring (bicyclic) bond motifs is 2. The van der Waals surface area contributed by atoms with Crippen molar-refractivity contribution in [2.45, 2.75) is 44.2 Å². The Morgan fingerprint density at radius 2 is 2.04 bits per heavy atom. The Hall–Kier alpha value is -1.46. The number of nitrogens with one attached hydrogen (secondary N) is 2. The predicted molar refractivity (Wildman–Crippen MR) is 96.5 cm³/mol. The number of nitrogens with two attached hydrogens (primary N) is 1. The Kier molecular flexibility index (Phi) is 5.51. The maximum Gasteiger partial charge on any atom is 0.239 e. The second-order valence-electron chi connectivity index (χ2n) is 6.97. The number of ether oxygens (including phenoxy) is 1. The van der Waals surface area contributed by atoms with Crippen LogP contribution in [-0.2, 0) is 4.79 Å². The van der Waals surface area contributed by atoms with Crippen molar-refractivity contribution in [2.24, 2.45) is 17.6 Å². The third-order valence-electron chi connectivity index (χ3n) is 5.31. The molecule has 3 rings (SSSR count). The van der Waals surface area contributed by atoms with Gasteiger partial charge < -0.3 is 21.1 Å². The third-order valence-corrected chi connectivity index (χ3v) is 5.54. The lowest BCUT2D eigenvalue weighted by atomic mass is 9.67. The topological polar surface area (TPSA) is 76.4 Å². The Bertz CT molecular complexity index is 582. The first-order chi connectivity index (χ1) is 11.6. The molecule has 6 heteroatoms. The normalized spacial score (nSPS) is 29.0. The van der Waals surface area contributed by atoms with Crippen LogP contribution in [0.2, 0.25) is 5.02 Å². The monoisotopic (exact) mass is 351 g/mol. The number of methoxy groups -OCH3 is 1. The summed E-state index contributed by atoms with van der Waals surface area (Å²) in [5.41, 5.74) is 6.88. The Morgan fingerprint density at radius 3 is 2.71 bits per heavy atom. The molecule has 132 valence electrons. The highest BCUT2D eigenvalue weighted by Gasteiger charge is 2.39. The molecular weight excluding hydrogens is 326 g/mol. The molecule has 1 aromatic carbocycles. The minimum absolute atomic E-state index is 0.00870. The van der Waals surface area contributed by atoms with E-state index in [9.17, 15) is 4.79 Å². The number of hydrogen-bond acceptors (Lipinski definition) is 4. The van der Waals surface area contributed by atoms with Crippen molar-refractivity contribution in [1.29, 1.82) is 0 Å². The fourth-order valence-electron chi connectivity index (χ4n) is 4.26. The lowest BCUT2D eigenvalue weighted by Crippen LogP contribution is -2.54. The van der Waals surface area contributed by atoms with Gasteiger partial charge in [0.1, 0.15) is 5.75 Å². The predicted octanol–water partition coefficient (Wildman–Crippen LogP) is 2.78. The molecule has 0 radical (unpaired) electrons. The average Bonchev–Trinajstić information content (AvgIpc) is 2.54. The first-order valence-electron chi connectivity index (χ1n) is 8.69. The number of benzene rings is 1. The summed E-state index contributed by atoms with van der Waals surface area (Å²) < 4.78 is 5.29. The summed E-state index contributed by atoms with van der Waals surface area (Å²) in [7, 11) is 1.60. The minimum Gasteiger partial charge on any atom is -0.495 e. The number of anilines is 1. The third kappa shape index (κ3) is 3.95. The van der Waals surface area contributed by atoms with Gasteiger partial charge in [-0.25, -0.2) is 0 Å². The second-order valence-corrected chi connectivity index (χ2v) is 7.41. The molecule has 1 aromatic rings. The van der Waals surface area contributed by atoms with E-state index < -0.39 is 0 Å². The van der Waals surface area contributed by atoms with Crippen LogP contribution in [0.4, 0.5) is 5.69 Å². The number of carbonyl (C=O) groups is 1. The molecule has 2 atom stereocenters. The molecule has 0 spiro atoms. The second kappa shape index (κ2) is 7.62. The zero-order valence-corrected chi connectivity index (χ0v) is 14.8. The summed E-state index contributed by atoms with van der Waals surface area (Å²) in [6.07, 6.45) is 5.65. The van der Waals surface area contributed by atoms with Crippen LogP contribution in [0.1, 0.15) is 32.1 Å². The Balaban J connectivity index is 1.57. The highest BCUT2D eigenvalue weighted by atomic mass is 35.5. The van der Waals surface area contributed by atoms with E-state index in [-0.39, 0.29) is 18.5 Å². The summed E-state index contributed by atoms with van der Waals surface area (Å²) >= 11 is 6.02. The zero-order valence-electron chi connectivity index (χ0n) is 14.1. The van der Waals surface area contributed by atoms with Crippen molar-refractivity contribution < 1.29 is 9.53 Å². The van der Waals surface area contributed by atoms with E-state index in [1.807, 2.05) is 0 Å². The Morgan fingerprint density at radius 1 is 1.33 bits per heavy atom. The average molecular weight is 352 g/mol. The van der Waals surface area contributed by atoms with E-state index in [2.05, 4.69) is 10.6 Å². The molecule has 2 fully saturated rings. The highest BCUT2D eigenvalue weighted by molar-refractivity contribution is 6.30. The van der Waals surface area contributed by atoms with Crippen LogP contribution in [0.5, 0.6) is 5.75 Å². The van der Waals surface area contributed by atoms with Crippen LogP contribution in [0.15, 0.2) is 18.2 Å². The molecule has 0 saturated heterocycles. The molecule has 2 bridgehead atoms. The quantitative estimate of drug-likeness (QED) is 0.762. The van der Waals surface area contributed by atoms with E-state index in [1.165, 1.54) is 19.3 Å². The Labute approximate surface area is 148 Å². The van der Waals surface area contributed by atoms with Crippen molar-refractivity contribution in [3.05, 3.63) is 23.2 Å². The molecule has 0 heterocycles. The largest absolute Gasteiger partial charge is 0.495 e. The van der Waals surface area contributed by atoms with E-state index in [0.717, 1.165) is 18.5 Å². The number of hydrogen-bond donors (Lipinski definition) is 3. The number of halogens is 1. The molecule has 4 N–H and O–H groups in total. The molecule has 2 aliphatic rings. The molecule has 2 aliphatic carbocycles. The van der Waals surface area contributed by atoms with E-state index in [4.69, 9.17) is 22.1 Å². The number of rotatable bonds is 5. The summed E-state index contributed by atoms with van der Waals surface area (Å²) in [5, 5.41) is 6.96. The summed E-state index contributed by atoms with van der Waals surface area (Å²) in [6, 6.07) is 5.88. The number of amides is 1. The van der Waals surface area contributed by atoms with Gasteiger partial charge in [0.15, 0.2) is 0 Å². The van der Waals surface area contributed by atoms with Crippen molar-refractivity contribution in [3.63, 3.8) is 0 Å². The van der Waals surface area contributed by atoms with Gasteiger partial charge in [0.2, 0.25) is 5.91 Å². The fraction of sp³-hybridized carbons (Fsp3) is 0.611. The van der Waals surface area contributed by atoms with Gasteiger partial charge in [-0.15, -0.1) is 0 Å². The van der Waals surface area contributed by atoms with Gasteiger partial charge >= 0.3 is 0 Å². The van der Waals surface area contributed by atoms with Crippen LogP contribution in [-0.4, -0.2) is 31.6 Å². The first kappa shape index (κ1) is 17.4. The summed E-state index contributed by atoms with van der Waals surface area (Å²) in [4.78, 5) is 12.4. The van der Waals surface area contributed by atoms with Gasteiger partial charge in [0.25, 0.3) is 0 Å². The van der Waals surface area contributed by atoms with Gasteiger partial charge in [-0.2, -0.15) is 0 Å². The van der Waals surface area contributed by atoms with E-state index in [0.29, 0.717) is 28.6 Å². The maximum absolute atomic E-state index is 12.4. The van der Waals surface area contributed by atoms with Crippen molar-refractivity contribution in [2.75, 3.05) is 19.0 Å². The van der Waals surface area contributed by atoms with Gasteiger partial charge in [0, 0.05) is 17.1 Å². The van der Waals surface area contributed by atoms with Crippen LogP contribution in [0.25, 0.3) is 0 Å². The SMILES string of the molecule is COc1ccc(Cl)cc1NCC(=O)NC1C2CCCC1CC(N)C2. The van der Waals surface area contributed by atoms with Gasteiger partial charge in [-0.05, 0) is 55.7 Å². The minimum atomic E-state index is 0.00870. The first-order valence-corrected chi connectivity index (χ1v) is 9.07. The van der Waals surface area contributed by atoms with Crippen LogP contribution in [0.3, 0.4) is 0 Å². The summed E-state index contributed by atoms with van der Waals surface area (Å²) in [6.45, 7) is 0.207. The van der Waals surface area contributed by atoms with Gasteiger partial charge in [0.05, 0.1) is 19.3 Å². The van der Waals surface area contributed by atoms with E-state index >= 15 is 0 Å². The smallest absolute Gasteiger partial charge is 0.239 e. The van der Waals surface area contributed by atoms with Gasteiger partial charge in [-0.3, -0.25) is 4.79 Å². The van der Waals surface area contributed by atoms with Gasteiger partial charge in [-0.1, -0.05) is 18.0 Å². The molecule has 2 unspecified atom stereocenters. The van der Waals surface area contributed by atoms with Crippen molar-refractivity contribution >= 4 is 23.2 Å². The van der Waals surface area contributed by atoms with E-state index in [1.54, 1.807) is 25.3 Å². The molecule has 0 aromatic heterocycles. The lowest BCUT2D eigenvalue weighted by molar-refractivity contribution is -0.121. The standard InChI is InChI=1S/C18H26ClN3O2/c1-24-16-6-5-13(19)9-15(16)21-10-17(23)22-18-11-3-2-4-12(18)8-14(20)7-11/h5-6,9,11-12,14,18,21H,2-4,7-8,10,20H2,1H3,(H,22,23). The molecule has 24 heavy (non-hydrogen) atoms. The molecule has 1 amide bonds. The highest BCUT2D eigenvalue weighted by Crippen LogP contribution is 2.39. The zero-order chi connectivity index (χ0) is 17.1. The van der Waals surface area contributed by atoms with Crippen molar-refractivity contribution in [3.8, 4) is 5.75 Å². The van der Waals surface area contributed by atoms with Crippen LogP contribution >= 0.6 is 11.6 Å². The lowest BCUT2D eigenvalue weighted by Gasteiger charge is -2.45. The molecular formula is C18H26ClN3O2. The maximum atomic E-state index is 12.4.